The zero-order valence-electron chi connectivity index (χ0n) is 12.4. The first-order chi connectivity index (χ1) is 11.5. The summed E-state index contributed by atoms with van der Waals surface area (Å²) in [5.74, 6) is -0.705. The van der Waals surface area contributed by atoms with Crippen molar-refractivity contribution < 1.29 is 18.4 Å². The molecule has 0 saturated carbocycles. The van der Waals surface area contributed by atoms with Gasteiger partial charge in [-0.25, -0.2) is 4.39 Å². The first-order valence-corrected chi connectivity index (χ1v) is 8.08. The van der Waals surface area contributed by atoms with Gasteiger partial charge in [-0.15, -0.1) is 0 Å². The lowest BCUT2D eigenvalue weighted by atomic mass is 10.2. The van der Waals surface area contributed by atoms with Gasteiger partial charge in [0.1, 0.15) is 17.3 Å². The molecule has 0 unspecified atom stereocenters. The van der Waals surface area contributed by atoms with Crippen LogP contribution in [0.25, 0.3) is 6.08 Å². The van der Waals surface area contributed by atoms with Crippen LogP contribution in [0.4, 0.5) is 4.39 Å². The van der Waals surface area contributed by atoms with Gasteiger partial charge in [0.05, 0.1) is 10.5 Å². The summed E-state index contributed by atoms with van der Waals surface area (Å²) < 4.78 is 19.2. The highest BCUT2D eigenvalue weighted by atomic mass is 32.2. The van der Waals surface area contributed by atoms with Crippen molar-refractivity contribution in [1.82, 2.24) is 10.4 Å². The van der Waals surface area contributed by atoms with Crippen LogP contribution in [-0.2, 0) is 4.79 Å². The third-order valence-corrected chi connectivity index (χ3v) is 4.46. The second-order valence-electron chi connectivity index (χ2n) is 4.89. The summed E-state index contributed by atoms with van der Waals surface area (Å²) in [5, 5.41) is 0.927. The number of thioether (sulfide) groups is 1. The zero-order valence-corrected chi connectivity index (χ0v) is 14.0. The van der Waals surface area contributed by atoms with Crippen molar-refractivity contribution in [3.05, 3.63) is 64.2 Å². The van der Waals surface area contributed by atoms with Crippen LogP contribution < -0.4 is 5.43 Å². The van der Waals surface area contributed by atoms with Gasteiger partial charge in [-0.1, -0.05) is 23.9 Å². The second-order valence-corrected chi connectivity index (χ2v) is 6.56. The van der Waals surface area contributed by atoms with Crippen molar-refractivity contribution in [3.8, 4) is 0 Å². The normalized spacial score (nSPS) is 16.1. The van der Waals surface area contributed by atoms with Crippen molar-refractivity contribution in [2.45, 2.75) is 6.92 Å². The molecule has 1 saturated heterocycles. The third kappa shape index (κ3) is 3.24. The van der Waals surface area contributed by atoms with E-state index in [4.69, 9.17) is 16.6 Å². The summed E-state index contributed by atoms with van der Waals surface area (Å²) in [6, 6.07) is 8.98. The summed E-state index contributed by atoms with van der Waals surface area (Å²) in [7, 11) is 0. The van der Waals surface area contributed by atoms with Gasteiger partial charge in [0, 0.05) is 6.08 Å². The lowest BCUT2D eigenvalue weighted by Gasteiger charge is -2.15. The van der Waals surface area contributed by atoms with Crippen LogP contribution in [0.15, 0.2) is 45.7 Å². The molecule has 122 valence electrons. The average molecular weight is 362 g/mol. The molecule has 1 aromatic heterocycles. The molecule has 0 aliphatic carbocycles. The van der Waals surface area contributed by atoms with Crippen molar-refractivity contribution in [2.75, 3.05) is 0 Å². The molecule has 0 atom stereocenters. The number of aryl methyl sites for hydroxylation is 1. The minimum Gasteiger partial charge on any atom is -0.462 e. The molecular weight excluding hydrogens is 351 g/mol. The number of halogens is 1. The number of hydrogen-bond acceptors (Lipinski definition) is 5. The Balaban J connectivity index is 1.79. The Morgan fingerprint density at radius 3 is 2.75 bits per heavy atom. The van der Waals surface area contributed by atoms with E-state index in [1.807, 2.05) is 0 Å². The molecule has 2 aromatic rings. The van der Waals surface area contributed by atoms with E-state index in [0.29, 0.717) is 16.4 Å². The Kier molecular flexibility index (Phi) is 4.50. The summed E-state index contributed by atoms with van der Waals surface area (Å²) in [6.07, 6.45) is 1.54. The fraction of sp³-hybridized carbons (Fsp3) is 0.0625. The van der Waals surface area contributed by atoms with Gasteiger partial charge in [0.2, 0.25) is 0 Å². The van der Waals surface area contributed by atoms with Gasteiger partial charge < -0.3 is 4.42 Å². The minimum absolute atomic E-state index is 0.152. The zero-order chi connectivity index (χ0) is 17.3. The second kappa shape index (κ2) is 6.58. The van der Waals surface area contributed by atoms with Crippen LogP contribution in [0, 0.1) is 12.7 Å². The smallest absolute Gasteiger partial charge is 0.285 e. The van der Waals surface area contributed by atoms with Gasteiger partial charge in [-0.2, -0.15) is 5.01 Å². The van der Waals surface area contributed by atoms with E-state index in [2.05, 4.69) is 5.43 Å². The molecule has 1 aromatic carbocycles. The third-order valence-electron chi connectivity index (χ3n) is 3.16. The fourth-order valence-corrected chi connectivity index (χ4v) is 3.19. The number of hydrazine groups is 1. The number of thiocarbonyl (C=S) groups is 1. The molecule has 1 N–H and O–H groups in total. The first-order valence-electron chi connectivity index (χ1n) is 6.85. The summed E-state index contributed by atoms with van der Waals surface area (Å²) in [4.78, 5) is 24.8. The minimum atomic E-state index is -0.750. The highest BCUT2D eigenvalue weighted by Gasteiger charge is 2.34. The first kappa shape index (κ1) is 16.4. The van der Waals surface area contributed by atoms with Crippen LogP contribution in [0.2, 0.25) is 0 Å². The quantitative estimate of drug-likeness (QED) is 0.671. The molecular formula is C16H11FN2O3S2. The number of nitrogens with zero attached hydrogens (tertiary/aromatic N) is 1. The number of hydrogen-bond donors (Lipinski definition) is 1. The molecule has 1 aliphatic rings. The van der Waals surface area contributed by atoms with Gasteiger partial charge in [0.25, 0.3) is 11.8 Å². The standard InChI is InChI=1S/C16H11FN2O3S2/c1-9-6-7-10(22-9)8-13-15(21)19(16(23)24-13)18-14(20)11-4-2-3-5-12(11)17/h2-8H,1H3,(H,18,20). The molecule has 0 radical (unpaired) electrons. The lowest BCUT2D eigenvalue weighted by Crippen LogP contribution is -2.45. The molecule has 8 heteroatoms. The van der Waals surface area contributed by atoms with Crippen molar-refractivity contribution >= 4 is 46.2 Å². The maximum absolute atomic E-state index is 13.6. The van der Waals surface area contributed by atoms with E-state index >= 15 is 0 Å². The van der Waals surface area contributed by atoms with E-state index in [0.717, 1.165) is 16.8 Å². The van der Waals surface area contributed by atoms with Crippen LogP contribution in [0.1, 0.15) is 21.9 Å². The molecule has 24 heavy (non-hydrogen) atoms. The van der Waals surface area contributed by atoms with Crippen LogP contribution in [-0.4, -0.2) is 21.1 Å². The van der Waals surface area contributed by atoms with E-state index in [1.165, 1.54) is 24.3 Å². The maximum Gasteiger partial charge on any atom is 0.285 e. The fourth-order valence-electron chi connectivity index (χ4n) is 2.03. The van der Waals surface area contributed by atoms with Crippen LogP contribution in [0.5, 0.6) is 0 Å². The summed E-state index contributed by atoms with van der Waals surface area (Å²) in [6.45, 7) is 1.79. The number of carbonyl (C=O) groups is 2. The summed E-state index contributed by atoms with van der Waals surface area (Å²) in [5.41, 5.74) is 2.16. The predicted molar refractivity (Wildman–Crippen MR) is 92.3 cm³/mol. The monoisotopic (exact) mass is 362 g/mol. The molecule has 3 rings (SSSR count). The highest BCUT2D eigenvalue weighted by molar-refractivity contribution is 8.26. The number of nitrogens with one attached hydrogen (secondary N) is 1. The molecule has 1 fully saturated rings. The Morgan fingerprint density at radius 2 is 2.08 bits per heavy atom. The van der Waals surface area contributed by atoms with Gasteiger partial charge in [0.15, 0.2) is 4.32 Å². The Labute approximate surface area is 146 Å². The number of amides is 2. The van der Waals surface area contributed by atoms with Gasteiger partial charge in [-0.3, -0.25) is 15.0 Å². The predicted octanol–water partition coefficient (Wildman–Crippen LogP) is 3.27. The van der Waals surface area contributed by atoms with Crippen molar-refractivity contribution in [1.29, 1.82) is 0 Å². The molecule has 0 bridgehead atoms. The average Bonchev–Trinajstić information content (AvgIpc) is 3.06. The summed E-state index contributed by atoms with van der Waals surface area (Å²) >= 11 is 6.13. The topological polar surface area (TPSA) is 62.6 Å². The number of carbonyl (C=O) groups excluding carboxylic acids is 2. The molecule has 5 nitrogen and oxygen atoms in total. The van der Waals surface area contributed by atoms with E-state index < -0.39 is 17.6 Å². The maximum atomic E-state index is 13.6. The van der Waals surface area contributed by atoms with E-state index in [9.17, 15) is 14.0 Å². The Bertz CT molecular complexity index is 876. The van der Waals surface area contributed by atoms with Gasteiger partial charge in [-0.05, 0) is 43.4 Å². The SMILES string of the molecule is Cc1ccc(C=C2SC(=S)N(NC(=O)c3ccccc3F)C2=O)o1. The Morgan fingerprint density at radius 1 is 1.33 bits per heavy atom. The largest absolute Gasteiger partial charge is 0.462 e. The van der Waals surface area contributed by atoms with Gasteiger partial charge >= 0.3 is 0 Å². The molecule has 2 heterocycles. The van der Waals surface area contributed by atoms with Crippen molar-refractivity contribution in [3.63, 3.8) is 0 Å². The molecule has 2 amide bonds. The number of furan rings is 1. The number of rotatable bonds is 3. The molecule has 0 spiro atoms. The van der Waals surface area contributed by atoms with Crippen molar-refractivity contribution in [2.24, 2.45) is 0 Å². The van der Waals surface area contributed by atoms with E-state index in [-0.39, 0.29) is 9.88 Å². The number of benzene rings is 1. The Hall–Kier alpha value is -2.45. The van der Waals surface area contributed by atoms with E-state index in [1.54, 1.807) is 25.1 Å². The highest BCUT2D eigenvalue weighted by Crippen LogP contribution is 2.31. The molecule has 1 aliphatic heterocycles. The lowest BCUT2D eigenvalue weighted by molar-refractivity contribution is -0.123. The van der Waals surface area contributed by atoms with Crippen LogP contribution in [0.3, 0.4) is 0 Å². The van der Waals surface area contributed by atoms with Crippen LogP contribution >= 0.6 is 24.0 Å².